The Kier molecular flexibility index (Phi) is 3.59. The monoisotopic (exact) mass is 257 g/mol. The first kappa shape index (κ1) is 13.3. The predicted molar refractivity (Wildman–Crippen MR) is 61.4 cm³/mol. The van der Waals surface area contributed by atoms with Crippen molar-refractivity contribution < 1.29 is 23.9 Å². The number of methoxy groups -OCH3 is 2. The highest BCUT2D eigenvalue weighted by Gasteiger charge is 2.61. The fraction of sp³-hybridized carbons (Fsp3) is 0.833. The maximum Gasteiger partial charge on any atom is 0.340 e. The summed E-state index contributed by atoms with van der Waals surface area (Å²) >= 11 is 0. The number of esters is 2. The first-order valence-corrected chi connectivity index (χ1v) is 6.16. The van der Waals surface area contributed by atoms with Gasteiger partial charge in [-0.3, -0.25) is 9.63 Å². The third-order valence-corrected chi connectivity index (χ3v) is 3.83. The van der Waals surface area contributed by atoms with Crippen molar-refractivity contribution in [1.82, 2.24) is 5.06 Å². The zero-order chi connectivity index (χ0) is 13.3. The molecule has 2 heterocycles. The Bertz CT molecular complexity index is 358. The van der Waals surface area contributed by atoms with E-state index in [0.29, 0.717) is 0 Å². The summed E-state index contributed by atoms with van der Waals surface area (Å²) in [4.78, 5) is 29.6. The molecule has 2 aliphatic rings. The third kappa shape index (κ3) is 1.89. The molecule has 0 aliphatic carbocycles. The Morgan fingerprint density at radius 2 is 2.00 bits per heavy atom. The Labute approximate surface area is 106 Å². The molecule has 0 amide bonds. The van der Waals surface area contributed by atoms with E-state index in [9.17, 15) is 9.59 Å². The first-order chi connectivity index (χ1) is 8.54. The van der Waals surface area contributed by atoms with Gasteiger partial charge >= 0.3 is 11.9 Å². The number of hydrogen-bond acceptors (Lipinski definition) is 6. The van der Waals surface area contributed by atoms with E-state index >= 15 is 0 Å². The molecule has 0 unspecified atom stereocenters. The van der Waals surface area contributed by atoms with Crippen LogP contribution in [-0.2, 0) is 23.9 Å². The lowest BCUT2D eigenvalue weighted by molar-refractivity contribution is -0.221. The molecule has 0 aromatic carbocycles. The Hall–Kier alpha value is -1.14. The second-order valence-corrected chi connectivity index (χ2v) is 4.89. The molecule has 0 radical (unpaired) electrons. The van der Waals surface area contributed by atoms with Crippen LogP contribution in [0.5, 0.6) is 0 Å². The van der Waals surface area contributed by atoms with Crippen molar-refractivity contribution in [2.45, 2.75) is 37.8 Å². The Balaban J connectivity index is 2.33. The number of nitrogens with zero attached hydrogens (tertiary/aromatic N) is 1. The lowest BCUT2D eigenvalue weighted by Gasteiger charge is -2.28. The van der Waals surface area contributed by atoms with Crippen LogP contribution in [0.25, 0.3) is 0 Å². The first-order valence-electron chi connectivity index (χ1n) is 6.16. The number of fused-ring (bicyclic) bond motifs is 1. The van der Waals surface area contributed by atoms with Gasteiger partial charge in [-0.2, -0.15) is 5.06 Å². The number of carbonyl (C=O) groups excluding carboxylic acids is 2. The normalized spacial score (nSPS) is 35.9. The molecule has 3 atom stereocenters. The van der Waals surface area contributed by atoms with Crippen molar-refractivity contribution in [1.29, 1.82) is 0 Å². The van der Waals surface area contributed by atoms with Gasteiger partial charge in [-0.1, -0.05) is 6.42 Å². The lowest BCUT2D eigenvalue weighted by Crippen LogP contribution is -2.48. The summed E-state index contributed by atoms with van der Waals surface area (Å²) in [5.74, 6) is -1.58. The Morgan fingerprint density at radius 3 is 2.61 bits per heavy atom. The number of rotatable bonds is 2. The molecule has 0 aromatic heterocycles. The average molecular weight is 257 g/mol. The van der Waals surface area contributed by atoms with E-state index in [2.05, 4.69) is 0 Å². The van der Waals surface area contributed by atoms with Gasteiger partial charge in [0.1, 0.15) is 5.92 Å². The van der Waals surface area contributed by atoms with Gasteiger partial charge in [0.05, 0.1) is 20.3 Å². The Morgan fingerprint density at radius 1 is 1.28 bits per heavy atom. The van der Waals surface area contributed by atoms with E-state index in [4.69, 9.17) is 14.3 Å². The standard InChI is InChI=1S/C12H19NO5/c1-12(11(15)17-3)9(10(14)16-2)8-6-4-5-7-13(8)18-12/h8-9H,4-7H2,1-3H3/t8-,9-,12+/m1/s1. The van der Waals surface area contributed by atoms with Gasteiger partial charge in [-0.25, -0.2) is 4.79 Å². The van der Waals surface area contributed by atoms with E-state index < -0.39 is 23.5 Å². The predicted octanol–water partition coefficient (Wildman–Crippen LogP) is 0.507. The van der Waals surface area contributed by atoms with E-state index in [-0.39, 0.29) is 6.04 Å². The van der Waals surface area contributed by atoms with E-state index in [1.807, 2.05) is 0 Å². The van der Waals surface area contributed by atoms with Gasteiger partial charge in [0, 0.05) is 6.54 Å². The maximum absolute atomic E-state index is 12.0. The number of carbonyl (C=O) groups is 2. The topological polar surface area (TPSA) is 65.1 Å². The molecule has 2 fully saturated rings. The molecule has 102 valence electrons. The van der Waals surface area contributed by atoms with E-state index in [1.165, 1.54) is 14.2 Å². The van der Waals surface area contributed by atoms with Crippen LogP contribution in [0.1, 0.15) is 26.2 Å². The van der Waals surface area contributed by atoms with Gasteiger partial charge in [0.15, 0.2) is 5.60 Å². The quantitative estimate of drug-likeness (QED) is 0.671. The molecule has 0 bridgehead atoms. The van der Waals surface area contributed by atoms with Crippen molar-refractivity contribution in [3.8, 4) is 0 Å². The zero-order valence-corrected chi connectivity index (χ0v) is 11.0. The molecule has 0 N–H and O–H groups in total. The van der Waals surface area contributed by atoms with Crippen LogP contribution in [0, 0.1) is 5.92 Å². The summed E-state index contributed by atoms with van der Waals surface area (Å²) in [5, 5.41) is 1.74. The van der Waals surface area contributed by atoms with Crippen LogP contribution < -0.4 is 0 Å². The molecule has 0 spiro atoms. The van der Waals surface area contributed by atoms with Crippen LogP contribution in [-0.4, -0.2) is 49.4 Å². The number of piperidine rings is 1. The van der Waals surface area contributed by atoms with Gasteiger partial charge in [0.2, 0.25) is 0 Å². The van der Waals surface area contributed by atoms with Crippen LogP contribution in [0.2, 0.25) is 0 Å². The van der Waals surface area contributed by atoms with Gasteiger partial charge < -0.3 is 9.47 Å². The molecule has 18 heavy (non-hydrogen) atoms. The van der Waals surface area contributed by atoms with Crippen molar-refractivity contribution in [3.05, 3.63) is 0 Å². The van der Waals surface area contributed by atoms with Crippen molar-refractivity contribution in [2.75, 3.05) is 20.8 Å². The highest BCUT2D eigenvalue weighted by atomic mass is 16.7. The largest absolute Gasteiger partial charge is 0.469 e. The minimum atomic E-state index is -1.28. The number of hydrogen-bond donors (Lipinski definition) is 0. The highest BCUT2D eigenvalue weighted by Crippen LogP contribution is 2.42. The third-order valence-electron chi connectivity index (χ3n) is 3.83. The number of ether oxygens (including phenoxy) is 2. The molecule has 0 aromatic rings. The van der Waals surface area contributed by atoms with Crippen molar-refractivity contribution in [3.63, 3.8) is 0 Å². The summed E-state index contributed by atoms with van der Waals surface area (Å²) in [6.07, 6.45) is 2.85. The minimum absolute atomic E-state index is 0.102. The van der Waals surface area contributed by atoms with Gasteiger partial charge in [0.25, 0.3) is 0 Å². The van der Waals surface area contributed by atoms with E-state index in [0.717, 1.165) is 25.8 Å². The molecule has 2 saturated heterocycles. The van der Waals surface area contributed by atoms with Gasteiger partial charge in [-0.15, -0.1) is 0 Å². The molecule has 0 saturated carbocycles. The van der Waals surface area contributed by atoms with Crippen molar-refractivity contribution >= 4 is 11.9 Å². The SMILES string of the molecule is COC(=O)[C@H]1[C@H]2CCCCN2O[C@]1(C)C(=O)OC. The maximum atomic E-state index is 12.0. The molecular weight excluding hydrogens is 238 g/mol. The molecule has 2 rings (SSSR count). The minimum Gasteiger partial charge on any atom is -0.469 e. The summed E-state index contributed by atoms with van der Waals surface area (Å²) in [5.41, 5.74) is -1.28. The van der Waals surface area contributed by atoms with Crippen LogP contribution >= 0.6 is 0 Å². The molecular formula is C12H19NO5. The summed E-state index contributed by atoms with van der Waals surface area (Å²) in [7, 11) is 2.62. The average Bonchev–Trinajstić information content (AvgIpc) is 2.70. The lowest BCUT2D eigenvalue weighted by atomic mass is 9.81. The summed E-state index contributed by atoms with van der Waals surface area (Å²) in [6, 6.07) is -0.102. The summed E-state index contributed by atoms with van der Waals surface area (Å²) < 4.78 is 9.59. The van der Waals surface area contributed by atoms with Crippen LogP contribution in [0.3, 0.4) is 0 Å². The van der Waals surface area contributed by atoms with E-state index in [1.54, 1.807) is 12.0 Å². The van der Waals surface area contributed by atoms with Crippen molar-refractivity contribution in [2.24, 2.45) is 5.92 Å². The molecule has 2 aliphatic heterocycles. The second-order valence-electron chi connectivity index (χ2n) is 4.89. The van der Waals surface area contributed by atoms with Crippen LogP contribution in [0.15, 0.2) is 0 Å². The highest BCUT2D eigenvalue weighted by molar-refractivity contribution is 5.88. The zero-order valence-electron chi connectivity index (χ0n) is 11.0. The number of hydroxylamine groups is 2. The molecule has 6 nitrogen and oxygen atoms in total. The summed E-state index contributed by atoms with van der Waals surface area (Å²) in [6.45, 7) is 2.32. The molecule has 6 heteroatoms. The fourth-order valence-electron chi connectivity index (χ4n) is 2.92. The fourth-order valence-corrected chi connectivity index (χ4v) is 2.92. The second kappa shape index (κ2) is 4.85. The smallest absolute Gasteiger partial charge is 0.340 e. The van der Waals surface area contributed by atoms with Crippen LogP contribution in [0.4, 0.5) is 0 Å². The van der Waals surface area contributed by atoms with Gasteiger partial charge in [-0.05, 0) is 19.8 Å².